The summed E-state index contributed by atoms with van der Waals surface area (Å²) >= 11 is 0. The molecular weight excluding hydrogens is 233 g/mol. The highest BCUT2D eigenvalue weighted by Crippen LogP contribution is 2.18. The Labute approximate surface area is 94.6 Å². The number of H-pyrrole nitrogens is 1. The van der Waals surface area contributed by atoms with Gasteiger partial charge in [0.15, 0.2) is 0 Å². The van der Waals surface area contributed by atoms with Gasteiger partial charge in [-0.1, -0.05) is 6.07 Å². The summed E-state index contributed by atoms with van der Waals surface area (Å²) in [5.41, 5.74) is 0.942. The first-order valence-electron chi connectivity index (χ1n) is 4.88. The topological polar surface area (TPSA) is 44.9 Å². The molecule has 0 atom stereocenters. The first kappa shape index (κ1) is 11.5. The van der Waals surface area contributed by atoms with E-state index in [1.807, 2.05) is 5.32 Å². The molecule has 0 unspecified atom stereocenters. The quantitative estimate of drug-likeness (QED) is 0.834. The van der Waals surface area contributed by atoms with Gasteiger partial charge in [-0.2, -0.15) is 13.2 Å². The van der Waals surface area contributed by atoms with E-state index in [0.717, 1.165) is 0 Å². The third-order valence-electron chi connectivity index (χ3n) is 2.29. The first-order valence-corrected chi connectivity index (χ1v) is 4.88. The summed E-state index contributed by atoms with van der Waals surface area (Å²) in [4.78, 5) is 14.5. The number of nitrogens with one attached hydrogen (secondary N) is 2. The molecule has 0 fully saturated rings. The lowest BCUT2D eigenvalue weighted by atomic mass is 10.1. The molecule has 17 heavy (non-hydrogen) atoms. The standard InChI is InChI=1S/C11H9F3N2O/c12-11(13,14)6-16-10(17)8-2-1-3-9-7(8)4-5-15-9/h1-5,15H,6H2,(H,16,17). The monoisotopic (exact) mass is 242 g/mol. The van der Waals surface area contributed by atoms with Crippen LogP contribution in [0.3, 0.4) is 0 Å². The maximum absolute atomic E-state index is 12.0. The summed E-state index contributed by atoms with van der Waals surface area (Å²) in [5.74, 6) is -0.729. The molecule has 6 heteroatoms. The summed E-state index contributed by atoms with van der Waals surface area (Å²) in [6, 6.07) is 6.50. The number of rotatable bonds is 2. The van der Waals surface area contributed by atoms with E-state index in [0.29, 0.717) is 10.9 Å². The van der Waals surface area contributed by atoms with Gasteiger partial charge in [0.25, 0.3) is 5.91 Å². The highest BCUT2D eigenvalue weighted by molar-refractivity contribution is 6.06. The van der Waals surface area contributed by atoms with E-state index in [-0.39, 0.29) is 5.56 Å². The molecule has 3 nitrogen and oxygen atoms in total. The van der Waals surface area contributed by atoms with Crippen molar-refractivity contribution in [3.05, 3.63) is 36.0 Å². The largest absolute Gasteiger partial charge is 0.405 e. The Morgan fingerprint density at radius 2 is 2.06 bits per heavy atom. The van der Waals surface area contributed by atoms with E-state index in [2.05, 4.69) is 4.98 Å². The highest BCUT2D eigenvalue weighted by atomic mass is 19.4. The molecule has 2 N–H and O–H groups in total. The molecule has 0 spiro atoms. The second-order valence-electron chi connectivity index (χ2n) is 3.54. The summed E-state index contributed by atoms with van der Waals surface area (Å²) in [6.07, 6.45) is -2.77. The zero-order valence-corrected chi connectivity index (χ0v) is 8.64. The minimum absolute atomic E-state index is 0.230. The number of aromatic nitrogens is 1. The fourth-order valence-corrected chi connectivity index (χ4v) is 1.56. The van der Waals surface area contributed by atoms with Gasteiger partial charge >= 0.3 is 6.18 Å². The van der Waals surface area contributed by atoms with E-state index in [1.165, 1.54) is 6.07 Å². The molecule has 0 aliphatic rings. The number of benzene rings is 1. The summed E-state index contributed by atoms with van der Waals surface area (Å²) in [6.45, 7) is -1.33. The third-order valence-corrected chi connectivity index (χ3v) is 2.29. The summed E-state index contributed by atoms with van der Waals surface area (Å²) < 4.78 is 35.9. The van der Waals surface area contributed by atoms with Crippen LogP contribution < -0.4 is 5.32 Å². The third kappa shape index (κ3) is 2.58. The number of alkyl halides is 3. The lowest BCUT2D eigenvalue weighted by Gasteiger charge is -2.08. The number of carbonyl (C=O) groups is 1. The van der Waals surface area contributed by atoms with Gasteiger partial charge in [0.2, 0.25) is 0 Å². The van der Waals surface area contributed by atoms with Crippen LogP contribution in [0, 0.1) is 0 Å². The van der Waals surface area contributed by atoms with Gasteiger partial charge < -0.3 is 10.3 Å². The Kier molecular flexibility index (Phi) is 2.79. The van der Waals surface area contributed by atoms with Crippen molar-refractivity contribution in [1.82, 2.24) is 10.3 Å². The van der Waals surface area contributed by atoms with Crippen LogP contribution in [-0.2, 0) is 0 Å². The number of aromatic amines is 1. The molecule has 1 heterocycles. The predicted octanol–water partition coefficient (Wildman–Crippen LogP) is 2.46. The van der Waals surface area contributed by atoms with Crippen molar-refractivity contribution in [2.24, 2.45) is 0 Å². The van der Waals surface area contributed by atoms with Crippen LogP contribution in [0.25, 0.3) is 10.9 Å². The van der Waals surface area contributed by atoms with Crippen LogP contribution in [0.2, 0.25) is 0 Å². The number of amides is 1. The molecule has 90 valence electrons. The Morgan fingerprint density at radius 1 is 1.29 bits per heavy atom. The van der Waals surface area contributed by atoms with Crippen LogP contribution in [0.5, 0.6) is 0 Å². The molecule has 1 aromatic carbocycles. The molecule has 0 radical (unpaired) electrons. The van der Waals surface area contributed by atoms with E-state index in [9.17, 15) is 18.0 Å². The number of fused-ring (bicyclic) bond motifs is 1. The van der Waals surface area contributed by atoms with Crippen molar-refractivity contribution >= 4 is 16.8 Å². The minimum atomic E-state index is -4.40. The van der Waals surface area contributed by atoms with Crippen molar-refractivity contribution in [2.75, 3.05) is 6.54 Å². The van der Waals surface area contributed by atoms with Gasteiger partial charge in [-0.3, -0.25) is 4.79 Å². The molecule has 0 aliphatic carbocycles. The van der Waals surface area contributed by atoms with Crippen LogP contribution in [0.4, 0.5) is 13.2 Å². The van der Waals surface area contributed by atoms with Crippen molar-refractivity contribution in [3.8, 4) is 0 Å². The predicted molar refractivity (Wildman–Crippen MR) is 56.7 cm³/mol. The molecule has 0 saturated carbocycles. The van der Waals surface area contributed by atoms with Gasteiger partial charge in [-0.25, -0.2) is 0 Å². The number of halogens is 3. The van der Waals surface area contributed by atoms with Gasteiger partial charge in [-0.05, 0) is 18.2 Å². The van der Waals surface area contributed by atoms with Crippen LogP contribution in [0.15, 0.2) is 30.5 Å². The normalized spacial score (nSPS) is 11.7. The zero-order valence-electron chi connectivity index (χ0n) is 8.64. The number of hydrogen-bond acceptors (Lipinski definition) is 1. The van der Waals surface area contributed by atoms with Gasteiger partial charge in [-0.15, -0.1) is 0 Å². The highest BCUT2D eigenvalue weighted by Gasteiger charge is 2.28. The van der Waals surface area contributed by atoms with Crippen LogP contribution >= 0.6 is 0 Å². The van der Waals surface area contributed by atoms with Crippen LogP contribution in [0.1, 0.15) is 10.4 Å². The Bertz CT molecular complexity index is 545. The van der Waals surface area contributed by atoms with Gasteiger partial charge in [0.1, 0.15) is 6.54 Å². The first-order chi connectivity index (χ1) is 7.97. The van der Waals surface area contributed by atoms with E-state index >= 15 is 0 Å². The molecule has 2 aromatic rings. The fraction of sp³-hybridized carbons (Fsp3) is 0.182. The second kappa shape index (κ2) is 4.12. The van der Waals surface area contributed by atoms with E-state index in [1.54, 1.807) is 24.4 Å². The Balaban J connectivity index is 2.22. The smallest absolute Gasteiger partial charge is 0.361 e. The molecule has 2 rings (SSSR count). The van der Waals surface area contributed by atoms with Crippen molar-refractivity contribution in [2.45, 2.75) is 6.18 Å². The van der Waals surface area contributed by atoms with E-state index < -0.39 is 18.6 Å². The lowest BCUT2D eigenvalue weighted by molar-refractivity contribution is -0.123. The van der Waals surface area contributed by atoms with Gasteiger partial charge in [0, 0.05) is 22.7 Å². The Morgan fingerprint density at radius 3 is 2.76 bits per heavy atom. The summed E-state index contributed by atoms with van der Waals surface area (Å²) in [7, 11) is 0. The molecule has 0 bridgehead atoms. The lowest BCUT2D eigenvalue weighted by Crippen LogP contribution is -2.33. The average molecular weight is 242 g/mol. The van der Waals surface area contributed by atoms with Crippen molar-refractivity contribution < 1.29 is 18.0 Å². The molecule has 0 aliphatic heterocycles. The fourth-order valence-electron chi connectivity index (χ4n) is 1.56. The van der Waals surface area contributed by atoms with Crippen molar-refractivity contribution in [1.29, 1.82) is 0 Å². The van der Waals surface area contributed by atoms with E-state index in [4.69, 9.17) is 0 Å². The summed E-state index contributed by atoms with van der Waals surface area (Å²) in [5, 5.41) is 2.45. The molecular formula is C11H9F3N2O. The van der Waals surface area contributed by atoms with Crippen molar-refractivity contribution in [3.63, 3.8) is 0 Å². The molecule has 0 saturated heterocycles. The minimum Gasteiger partial charge on any atom is -0.361 e. The number of hydrogen-bond donors (Lipinski definition) is 2. The maximum atomic E-state index is 12.0. The zero-order chi connectivity index (χ0) is 12.5. The SMILES string of the molecule is O=C(NCC(F)(F)F)c1cccc2[nH]ccc12. The molecule has 1 amide bonds. The second-order valence-corrected chi connectivity index (χ2v) is 3.54. The van der Waals surface area contributed by atoms with Gasteiger partial charge in [0.05, 0.1) is 0 Å². The average Bonchev–Trinajstić information content (AvgIpc) is 2.72. The van der Waals surface area contributed by atoms with Crippen LogP contribution in [-0.4, -0.2) is 23.6 Å². The maximum Gasteiger partial charge on any atom is 0.405 e. The number of carbonyl (C=O) groups excluding carboxylic acids is 1. The molecule has 1 aromatic heterocycles. The Hall–Kier alpha value is -1.98.